The van der Waals surface area contributed by atoms with Crippen molar-refractivity contribution in [1.29, 1.82) is 5.26 Å². The van der Waals surface area contributed by atoms with E-state index in [1.165, 1.54) is 22.0 Å². The molecule has 3 saturated carbocycles. The molecule has 1 amide bonds. The summed E-state index contributed by atoms with van der Waals surface area (Å²) in [4.78, 5) is 16.4. The molecule has 186 valence electrons. The van der Waals surface area contributed by atoms with Crippen LogP contribution in [0.4, 0.5) is 10.1 Å². The zero-order chi connectivity index (χ0) is 25.0. The Morgan fingerprint density at radius 3 is 2.75 bits per heavy atom. The van der Waals surface area contributed by atoms with Crippen LogP contribution in [-0.4, -0.2) is 49.3 Å². The summed E-state index contributed by atoms with van der Waals surface area (Å²) < 4.78 is 18.3. The van der Waals surface area contributed by atoms with Gasteiger partial charge in [-0.2, -0.15) is 15.5 Å². The topological polar surface area (TPSA) is 108 Å². The highest BCUT2D eigenvalue weighted by molar-refractivity contribution is 5.84. The van der Waals surface area contributed by atoms with Crippen LogP contribution in [0.1, 0.15) is 61.8 Å². The second-order valence-electron chi connectivity index (χ2n) is 11.6. The van der Waals surface area contributed by atoms with Gasteiger partial charge in [-0.1, -0.05) is 0 Å². The summed E-state index contributed by atoms with van der Waals surface area (Å²) in [6.07, 6.45) is 4.89. The van der Waals surface area contributed by atoms with E-state index in [1.807, 2.05) is 6.07 Å². The Morgan fingerprint density at radius 1 is 1.25 bits per heavy atom. The lowest BCUT2D eigenvalue weighted by Gasteiger charge is -2.70. The Morgan fingerprint density at radius 2 is 2.03 bits per heavy atom. The van der Waals surface area contributed by atoms with Crippen LogP contribution in [0.5, 0.6) is 0 Å². The van der Waals surface area contributed by atoms with E-state index in [2.05, 4.69) is 39.5 Å². The number of nitriles is 1. The third-order valence-electron chi connectivity index (χ3n) is 9.17. The van der Waals surface area contributed by atoms with Gasteiger partial charge in [-0.3, -0.25) is 14.4 Å². The summed E-state index contributed by atoms with van der Waals surface area (Å²) in [5, 5.41) is 18.6. The quantitative estimate of drug-likeness (QED) is 0.605. The molecule has 0 unspecified atom stereocenters. The fourth-order valence-electron chi connectivity index (χ4n) is 7.51. The van der Waals surface area contributed by atoms with Crippen molar-refractivity contribution in [2.75, 3.05) is 18.0 Å². The first-order chi connectivity index (χ1) is 17.2. The lowest BCUT2D eigenvalue weighted by Crippen LogP contribution is -2.70. The van der Waals surface area contributed by atoms with Gasteiger partial charge in [0.05, 0.1) is 41.3 Å². The van der Waals surface area contributed by atoms with Crippen molar-refractivity contribution in [2.24, 2.45) is 16.6 Å². The van der Waals surface area contributed by atoms with E-state index in [1.54, 1.807) is 6.07 Å². The zero-order valence-corrected chi connectivity index (χ0v) is 20.5. The molecule has 8 rings (SSSR count). The second kappa shape index (κ2) is 7.07. The van der Waals surface area contributed by atoms with E-state index in [9.17, 15) is 14.4 Å². The van der Waals surface area contributed by atoms with E-state index >= 15 is 0 Å². The normalized spacial score (nSPS) is 30.8. The van der Waals surface area contributed by atoms with Crippen LogP contribution in [0.15, 0.2) is 18.3 Å². The Balaban J connectivity index is 1.17. The Labute approximate surface area is 208 Å². The summed E-state index contributed by atoms with van der Waals surface area (Å²) in [6, 6.07) is 6.13. The molecule has 9 nitrogen and oxygen atoms in total. The van der Waals surface area contributed by atoms with Crippen LogP contribution in [0.25, 0.3) is 5.52 Å². The number of nitrogens with two attached hydrogens (primary N) is 1. The monoisotopic (exact) mass is 488 g/mol. The molecule has 0 aromatic carbocycles. The van der Waals surface area contributed by atoms with Crippen LogP contribution in [0, 0.1) is 28.0 Å². The first-order valence-electron chi connectivity index (χ1n) is 12.7. The summed E-state index contributed by atoms with van der Waals surface area (Å²) in [7, 11) is 0. The molecule has 3 aromatic rings. The van der Waals surface area contributed by atoms with Gasteiger partial charge in [0, 0.05) is 31.2 Å². The number of hydrogen-bond donors (Lipinski definition) is 1. The van der Waals surface area contributed by atoms with Gasteiger partial charge < -0.3 is 10.6 Å². The Kier molecular flexibility index (Phi) is 4.28. The summed E-state index contributed by atoms with van der Waals surface area (Å²) in [5.74, 6) is -0.555. The Bertz CT molecular complexity index is 1460. The highest BCUT2D eigenvalue weighted by Crippen LogP contribution is 2.73. The molecular formula is C26H29FN8O. The van der Waals surface area contributed by atoms with Crippen molar-refractivity contribution in [3.05, 3.63) is 46.8 Å². The molecule has 5 heterocycles. The number of aromatic nitrogens is 4. The molecule has 0 saturated heterocycles. The molecule has 10 heteroatoms. The number of anilines is 1. The van der Waals surface area contributed by atoms with E-state index in [4.69, 9.17) is 10.8 Å². The van der Waals surface area contributed by atoms with Crippen LogP contribution in [0.2, 0.25) is 0 Å². The zero-order valence-electron chi connectivity index (χ0n) is 20.5. The lowest BCUT2D eigenvalue weighted by molar-refractivity contribution is -0.213. The smallest absolute Gasteiger partial charge is 0.223 e. The fraction of sp³-hybridized carbons (Fsp3) is 0.538. The number of hydrogen-bond acceptors (Lipinski definition) is 6. The van der Waals surface area contributed by atoms with E-state index < -0.39 is 5.82 Å². The van der Waals surface area contributed by atoms with E-state index in [-0.39, 0.29) is 22.8 Å². The minimum Gasteiger partial charge on any atom is -0.369 e. The van der Waals surface area contributed by atoms with Crippen LogP contribution < -0.4 is 10.6 Å². The average molecular weight is 489 g/mol. The Hall–Kier alpha value is -3.45. The minimum atomic E-state index is -0.424. The summed E-state index contributed by atoms with van der Waals surface area (Å²) in [5.41, 5.74) is 10.7. The maximum Gasteiger partial charge on any atom is 0.223 e. The van der Waals surface area contributed by atoms with E-state index in [0.717, 1.165) is 50.2 Å². The second-order valence-corrected chi connectivity index (χ2v) is 11.6. The minimum absolute atomic E-state index is 0.123. The first kappa shape index (κ1) is 21.8. The van der Waals surface area contributed by atoms with Gasteiger partial charge in [0.15, 0.2) is 5.82 Å². The van der Waals surface area contributed by atoms with Crippen molar-refractivity contribution < 1.29 is 9.18 Å². The van der Waals surface area contributed by atoms with Crippen molar-refractivity contribution in [3.63, 3.8) is 0 Å². The van der Waals surface area contributed by atoms with Crippen LogP contribution in [0.3, 0.4) is 0 Å². The highest BCUT2D eigenvalue weighted by atomic mass is 19.1. The molecule has 5 aliphatic rings. The fourth-order valence-corrected chi connectivity index (χ4v) is 7.51. The number of halogens is 1. The third kappa shape index (κ3) is 2.80. The molecule has 3 fully saturated rings. The summed E-state index contributed by atoms with van der Waals surface area (Å²) in [6.45, 7) is 7.56. The molecule has 0 radical (unpaired) electrons. The number of carbonyl (C=O) groups is 1. The molecular weight excluding hydrogens is 459 g/mol. The SMILES string of the molecule is C[C@@H]1CN(c2ccc(C#N)n3ncc(F)c23)Cc2c3c(nn21)CN(CC12CC(C(N)=O)(C1)C2)[C@@H](C)C3. The van der Waals surface area contributed by atoms with Crippen molar-refractivity contribution in [2.45, 2.75) is 64.7 Å². The van der Waals surface area contributed by atoms with Crippen molar-refractivity contribution in [3.8, 4) is 6.07 Å². The molecule has 0 spiro atoms. The van der Waals surface area contributed by atoms with Gasteiger partial charge >= 0.3 is 0 Å². The molecule has 2 aliphatic heterocycles. The van der Waals surface area contributed by atoms with Crippen molar-refractivity contribution >= 4 is 17.1 Å². The molecule has 2 atom stereocenters. The molecule has 2 bridgehead atoms. The predicted molar refractivity (Wildman–Crippen MR) is 129 cm³/mol. The van der Waals surface area contributed by atoms with Gasteiger partial charge in [0.25, 0.3) is 0 Å². The number of carbonyl (C=O) groups excluding carboxylic acids is 1. The van der Waals surface area contributed by atoms with Gasteiger partial charge in [-0.25, -0.2) is 8.91 Å². The molecule has 2 N–H and O–H groups in total. The van der Waals surface area contributed by atoms with Gasteiger partial charge in [-0.15, -0.1) is 0 Å². The number of nitrogens with zero attached hydrogens (tertiary/aromatic N) is 7. The van der Waals surface area contributed by atoms with Crippen LogP contribution >= 0.6 is 0 Å². The predicted octanol–water partition coefficient (Wildman–Crippen LogP) is 2.52. The standard InChI is InChI=1S/C26H29FN8O/c1-15-5-18-20(9-33(15)14-25-11-26(12-25,13-25)24(29)36)31-34-16(2)8-32(10-22(18)34)21-4-3-17(6-28)35-23(21)19(27)7-30-35/h3-4,7,15-16H,5,8-14H2,1-2H3,(H2,29,36)/t15-,16+,25?,26?/m0/s1. The summed E-state index contributed by atoms with van der Waals surface area (Å²) >= 11 is 0. The first-order valence-corrected chi connectivity index (χ1v) is 12.7. The largest absolute Gasteiger partial charge is 0.369 e. The van der Waals surface area contributed by atoms with Gasteiger partial charge in [-0.05, 0) is 57.1 Å². The molecule has 3 aliphatic carbocycles. The maximum absolute atomic E-state index is 14.8. The van der Waals surface area contributed by atoms with E-state index in [0.29, 0.717) is 30.3 Å². The van der Waals surface area contributed by atoms with Crippen LogP contribution in [-0.2, 0) is 24.3 Å². The number of pyridine rings is 1. The number of rotatable bonds is 4. The number of amides is 1. The maximum atomic E-state index is 14.8. The average Bonchev–Trinajstić information content (AvgIpc) is 3.35. The third-order valence-corrected chi connectivity index (χ3v) is 9.17. The number of fused-ring (bicyclic) bond motifs is 4. The van der Waals surface area contributed by atoms with Gasteiger partial charge in [0.2, 0.25) is 5.91 Å². The number of primary amides is 1. The molecule has 3 aromatic heterocycles. The molecule has 36 heavy (non-hydrogen) atoms. The highest BCUT2D eigenvalue weighted by Gasteiger charge is 2.70. The van der Waals surface area contributed by atoms with Gasteiger partial charge in [0.1, 0.15) is 17.3 Å². The van der Waals surface area contributed by atoms with Crippen molar-refractivity contribution in [1.82, 2.24) is 24.3 Å². The lowest BCUT2D eigenvalue weighted by atomic mass is 9.34.